The molecular formula is C22H25ClN4O3. The van der Waals surface area contributed by atoms with E-state index in [1.165, 1.54) is 11.1 Å². The van der Waals surface area contributed by atoms with Gasteiger partial charge in [-0.25, -0.2) is 9.97 Å². The van der Waals surface area contributed by atoms with Crippen LogP contribution < -0.4 is 0 Å². The van der Waals surface area contributed by atoms with E-state index in [9.17, 15) is 14.7 Å². The Morgan fingerprint density at radius 2 is 1.87 bits per heavy atom. The molecule has 1 amide bonds. The van der Waals surface area contributed by atoms with Crippen molar-refractivity contribution in [2.45, 2.75) is 26.3 Å². The number of carbonyl (C=O) groups is 2. The number of aliphatic hydroxyl groups excluding tert-OH is 1. The monoisotopic (exact) mass is 428 g/mol. The van der Waals surface area contributed by atoms with Crippen LogP contribution in [0.1, 0.15) is 35.1 Å². The quantitative estimate of drug-likeness (QED) is 0.432. The van der Waals surface area contributed by atoms with Crippen LogP contribution >= 0.6 is 11.6 Å². The first kappa shape index (κ1) is 21.9. The van der Waals surface area contributed by atoms with Crippen LogP contribution in [0.25, 0.3) is 5.76 Å². The Hall–Kier alpha value is -2.77. The fraction of sp³-hybridized carbons (Fsp3) is 0.364. The number of aliphatic hydroxyl groups is 1. The second-order valence-electron chi connectivity index (χ2n) is 7.62. The summed E-state index contributed by atoms with van der Waals surface area (Å²) in [5, 5.41) is 11.6. The first-order valence-corrected chi connectivity index (χ1v) is 10.1. The SMILES string of the molecule is Cc1ncc(/C(O)=C2\C(=O)C(=O)N(CCCN(C)C)[C@@H]2c2ccc(Cl)cc2)c(C)n1. The molecule has 30 heavy (non-hydrogen) atoms. The van der Waals surface area contributed by atoms with Crippen molar-refractivity contribution in [1.29, 1.82) is 0 Å². The number of ketones is 1. The predicted molar refractivity (Wildman–Crippen MR) is 115 cm³/mol. The molecule has 3 rings (SSSR count). The third-order valence-electron chi connectivity index (χ3n) is 5.08. The van der Waals surface area contributed by atoms with Crippen molar-refractivity contribution in [1.82, 2.24) is 19.8 Å². The molecule has 0 spiro atoms. The average Bonchev–Trinajstić information content (AvgIpc) is 2.93. The zero-order valence-corrected chi connectivity index (χ0v) is 18.3. The van der Waals surface area contributed by atoms with Crippen LogP contribution in [0.5, 0.6) is 0 Å². The van der Waals surface area contributed by atoms with Gasteiger partial charge in [-0.2, -0.15) is 0 Å². The van der Waals surface area contributed by atoms with Gasteiger partial charge >= 0.3 is 0 Å². The normalized spacial score (nSPS) is 18.5. The van der Waals surface area contributed by atoms with Crippen LogP contribution in [0.4, 0.5) is 0 Å². The molecule has 0 aliphatic carbocycles. The summed E-state index contributed by atoms with van der Waals surface area (Å²) in [7, 11) is 3.90. The Bertz CT molecular complexity index is 1000. The molecule has 1 aliphatic heterocycles. The lowest BCUT2D eigenvalue weighted by atomic mass is 9.95. The van der Waals surface area contributed by atoms with Crippen LogP contribution in [-0.4, -0.2) is 63.7 Å². The second kappa shape index (κ2) is 8.93. The average molecular weight is 429 g/mol. The highest BCUT2D eigenvalue weighted by Gasteiger charge is 2.46. The molecule has 8 heteroatoms. The van der Waals surface area contributed by atoms with Crippen molar-refractivity contribution >= 4 is 29.1 Å². The third-order valence-corrected chi connectivity index (χ3v) is 5.34. The van der Waals surface area contributed by atoms with Crippen LogP contribution in [0.2, 0.25) is 5.02 Å². The maximum atomic E-state index is 13.0. The molecular weight excluding hydrogens is 404 g/mol. The fourth-order valence-corrected chi connectivity index (χ4v) is 3.75. The minimum atomic E-state index is -0.711. The lowest BCUT2D eigenvalue weighted by Gasteiger charge is -2.26. The number of benzene rings is 1. The molecule has 0 saturated carbocycles. The van der Waals surface area contributed by atoms with Gasteiger partial charge in [-0.1, -0.05) is 23.7 Å². The van der Waals surface area contributed by atoms with Gasteiger partial charge in [-0.15, -0.1) is 0 Å². The van der Waals surface area contributed by atoms with Crippen LogP contribution in [0.15, 0.2) is 36.0 Å². The van der Waals surface area contributed by atoms with E-state index in [2.05, 4.69) is 9.97 Å². The largest absolute Gasteiger partial charge is 0.507 e. The molecule has 0 bridgehead atoms. The van der Waals surface area contributed by atoms with Gasteiger partial charge in [0.25, 0.3) is 11.7 Å². The van der Waals surface area contributed by atoms with Crippen molar-refractivity contribution in [3.63, 3.8) is 0 Å². The lowest BCUT2D eigenvalue weighted by Crippen LogP contribution is -2.32. The Labute approximate surface area is 181 Å². The summed E-state index contributed by atoms with van der Waals surface area (Å²) in [5.41, 5.74) is 1.62. The van der Waals surface area contributed by atoms with Crippen molar-refractivity contribution < 1.29 is 14.7 Å². The van der Waals surface area contributed by atoms with E-state index in [-0.39, 0.29) is 11.3 Å². The topological polar surface area (TPSA) is 86.6 Å². The number of halogens is 1. The molecule has 0 unspecified atom stereocenters. The minimum absolute atomic E-state index is 0.0442. The Morgan fingerprint density at radius 1 is 1.20 bits per heavy atom. The van der Waals surface area contributed by atoms with Crippen molar-refractivity contribution in [2.24, 2.45) is 0 Å². The van der Waals surface area contributed by atoms with Crippen molar-refractivity contribution in [3.8, 4) is 0 Å². The number of rotatable bonds is 6. The maximum absolute atomic E-state index is 13.0. The molecule has 1 aliphatic rings. The number of nitrogens with zero attached hydrogens (tertiary/aromatic N) is 4. The van der Waals surface area contributed by atoms with E-state index in [4.69, 9.17) is 11.6 Å². The van der Waals surface area contributed by atoms with Gasteiger partial charge in [0.1, 0.15) is 11.6 Å². The van der Waals surface area contributed by atoms with E-state index >= 15 is 0 Å². The first-order valence-electron chi connectivity index (χ1n) is 9.70. The molecule has 2 aromatic rings. The summed E-state index contributed by atoms with van der Waals surface area (Å²) < 4.78 is 0. The highest BCUT2D eigenvalue weighted by atomic mass is 35.5. The molecule has 7 nitrogen and oxygen atoms in total. The summed E-state index contributed by atoms with van der Waals surface area (Å²) in [6, 6.07) is 6.24. The number of aromatic nitrogens is 2. The second-order valence-corrected chi connectivity index (χ2v) is 8.05. The summed E-state index contributed by atoms with van der Waals surface area (Å²) in [6.07, 6.45) is 2.17. The van der Waals surface area contributed by atoms with E-state index in [0.717, 1.165) is 6.54 Å². The summed E-state index contributed by atoms with van der Waals surface area (Å²) in [5.74, 6) is -1.04. The fourth-order valence-electron chi connectivity index (χ4n) is 3.62. The Kier molecular flexibility index (Phi) is 6.53. The maximum Gasteiger partial charge on any atom is 0.295 e. The van der Waals surface area contributed by atoms with E-state index in [1.54, 1.807) is 38.1 Å². The van der Waals surface area contributed by atoms with Crippen LogP contribution in [0, 0.1) is 13.8 Å². The zero-order valence-electron chi connectivity index (χ0n) is 17.5. The molecule has 1 fully saturated rings. The molecule has 0 radical (unpaired) electrons. The molecule has 158 valence electrons. The number of carbonyl (C=O) groups excluding carboxylic acids is 2. The Morgan fingerprint density at radius 3 is 2.47 bits per heavy atom. The lowest BCUT2D eigenvalue weighted by molar-refractivity contribution is -0.139. The predicted octanol–water partition coefficient (Wildman–Crippen LogP) is 3.12. The van der Waals surface area contributed by atoms with Gasteiger partial charge in [0, 0.05) is 17.8 Å². The van der Waals surface area contributed by atoms with Gasteiger partial charge in [0.2, 0.25) is 0 Å². The highest BCUT2D eigenvalue weighted by Crippen LogP contribution is 2.39. The molecule has 1 N–H and O–H groups in total. The number of hydrogen-bond donors (Lipinski definition) is 1. The number of hydrogen-bond acceptors (Lipinski definition) is 6. The Balaban J connectivity index is 2.12. The van der Waals surface area contributed by atoms with Gasteiger partial charge in [0.05, 0.1) is 22.9 Å². The number of Topliss-reactive ketones (excluding diaryl/α,β-unsaturated/α-hetero) is 1. The molecule has 2 heterocycles. The summed E-state index contributed by atoms with van der Waals surface area (Å²) >= 11 is 6.03. The molecule has 1 atom stereocenters. The third kappa shape index (κ3) is 4.37. The number of likely N-dealkylation sites (tertiary alicyclic amines) is 1. The standard InChI is InChI=1S/C22H25ClN4O3/c1-13-17(12-24-14(2)25-13)20(28)18-19(15-6-8-16(23)9-7-15)27(22(30)21(18)29)11-5-10-26(3)4/h6-9,12,19,28H,5,10-11H2,1-4H3/b20-18+/t19-/m1/s1. The van der Waals surface area contributed by atoms with Gasteiger partial charge in [0.15, 0.2) is 0 Å². The van der Waals surface area contributed by atoms with E-state index in [1.807, 2.05) is 19.0 Å². The van der Waals surface area contributed by atoms with Gasteiger partial charge in [-0.05, 0) is 58.6 Å². The molecule has 1 aromatic carbocycles. The first-order chi connectivity index (χ1) is 14.2. The van der Waals surface area contributed by atoms with E-state index < -0.39 is 17.7 Å². The number of amides is 1. The number of aryl methyl sites for hydroxylation is 2. The van der Waals surface area contributed by atoms with Crippen LogP contribution in [-0.2, 0) is 9.59 Å². The highest BCUT2D eigenvalue weighted by molar-refractivity contribution is 6.46. The molecule has 1 aromatic heterocycles. The van der Waals surface area contributed by atoms with Crippen LogP contribution in [0.3, 0.4) is 0 Å². The van der Waals surface area contributed by atoms with E-state index in [0.29, 0.717) is 40.6 Å². The zero-order chi connectivity index (χ0) is 22.0. The smallest absolute Gasteiger partial charge is 0.295 e. The summed E-state index contributed by atoms with van der Waals surface area (Å²) in [6.45, 7) is 4.62. The van der Waals surface area contributed by atoms with Gasteiger partial charge < -0.3 is 14.9 Å². The van der Waals surface area contributed by atoms with Crippen molar-refractivity contribution in [2.75, 3.05) is 27.2 Å². The molecule has 1 saturated heterocycles. The summed E-state index contributed by atoms with van der Waals surface area (Å²) in [4.78, 5) is 37.8. The van der Waals surface area contributed by atoms with Crippen molar-refractivity contribution in [3.05, 3.63) is 63.7 Å². The minimum Gasteiger partial charge on any atom is -0.507 e. The van der Waals surface area contributed by atoms with Gasteiger partial charge in [-0.3, -0.25) is 9.59 Å².